The number of ether oxygens (including phenoxy) is 2. The van der Waals surface area contributed by atoms with Gasteiger partial charge < -0.3 is 20.5 Å². The standard InChI is InChI=1S/C14H22N2O2S/c1-17-13-7-11(15)12(8-14(13)18-2)16-9-10-5-3-4-6-19-10/h7-8,10,16H,3-6,9,15H2,1-2H3. The van der Waals surface area contributed by atoms with Crippen LogP contribution >= 0.6 is 11.8 Å². The van der Waals surface area contributed by atoms with Crippen molar-refractivity contribution in [3.05, 3.63) is 12.1 Å². The Kier molecular flexibility index (Phi) is 5.07. The Balaban J connectivity index is 2.02. The fourth-order valence-corrected chi connectivity index (χ4v) is 3.48. The molecule has 1 atom stereocenters. The zero-order chi connectivity index (χ0) is 13.7. The van der Waals surface area contributed by atoms with Crippen LogP contribution in [0, 0.1) is 0 Å². The fraction of sp³-hybridized carbons (Fsp3) is 0.571. The van der Waals surface area contributed by atoms with Crippen molar-refractivity contribution in [2.75, 3.05) is 37.6 Å². The molecule has 2 rings (SSSR count). The molecule has 1 aliphatic heterocycles. The first-order chi connectivity index (χ1) is 9.24. The van der Waals surface area contributed by atoms with Gasteiger partial charge >= 0.3 is 0 Å². The molecule has 0 bridgehead atoms. The van der Waals surface area contributed by atoms with Crippen molar-refractivity contribution in [2.45, 2.75) is 24.5 Å². The minimum Gasteiger partial charge on any atom is -0.493 e. The summed E-state index contributed by atoms with van der Waals surface area (Å²) in [6.07, 6.45) is 3.96. The van der Waals surface area contributed by atoms with Gasteiger partial charge in [0.2, 0.25) is 0 Å². The fourth-order valence-electron chi connectivity index (χ4n) is 2.24. The lowest BCUT2D eigenvalue weighted by molar-refractivity contribution is 0.355. The van der Waals surface area contributed by atoms with Gasteiger partial charge in [-0.1, -0.05) is 6.42 Å². The van der Waals surface area contributed by atoms with Crippen molar-refractivity contribution >= 4 is 23.1 Å². The summed E-state index contributed by atoms with van der Waals surface area (Å²) in [7, 11) is 3.25. The van der Waals surface area contributed by atoms with Crippen molar-refractivity contribution in [1.29, 1.82) is 0 Å². The van der Waals surface area contributed by atoms with Crippen LogP contribution in [0.4, 0.5) is 11.4 Å². The number of anilines is 2. The van der Waals surface area contributed by atoms with E-state index in [4.69, 9.17) is 15.2 Å². The lowest BCUT2D eigenvalue weighted by Gasteiger charge is -2.22. The molecule has 1 aromatic rings. The highest BCUT2D eigenvalue weighted by atomic mass is 32.2. The normalized spacial score (nSPS) is 18.9. The lowest BCUT2D eigenvalue weighted by Crippen LogP contribution is -2.20. The Bertz CT molecular complexity index is 420. The maximum atomic E-state index is 6.03. The van der Waals surface area contributed by atoms with Crippen molar-refractivity contribution in [3.63, 3.8) is 0 Å². The Morgan fingerprint density at radius 2 is 2.00 bits per heavy atom. The van der Waals surface area contributed by atoms with E-state index in [2.05, 4.69) is 5.32 Å². The van der Waals surface area contributed by atoms with Gasteiger partial charge in [0.05, 0.1) is 25.6 Å². The van der Waals surface area contributed by atoms with Crippen molar-refractivity contribution in [3.8, 4) is 11.5 Å². The number of methoxy groups -OCH3 is 2. The van der Waals surface area contributed by atoms with Gasteiger partial charge in [-0.2, -0.15) is 11.8 Å². The smallest absolute Gasteiger partial charge is 0.162 e. The molecule has 1 saturated heterocycles. The Morgan fingerprint density at radius 1 is 1.26 bits per heavy atom. The SMILES string of the molecule is COc1cc(N)c(NCC2CCCCS2)cc1OC. The van der Waals surface area contributed by atoms with Gasteiger partial charge in [-0.05, 0) is 18.6 Å². The van der Waals surface area contributed by atoms with E-state index in [-0.39, 0.29) is 0 Å². The van der Waals surface area contributed by atoms with Crippen molar-refractivity contribution in [1.82, 2.24) is 0 Å². The van der Waals surface area contributed by atoms with Gasteiger partial charge in [-0.3, -0.25) is 0 Å². The van der Waals surface area contributed by atoms with E-state index in [1.54, 1.807) is 20.3 Å². The van der Waals surface area contributed by atoms with Crippen LogP contribution < -0.4 is 20.5 Å². The molecule has 0 saturated carbocycles. The van der Waals surface area contributed by atoms with Crippen LogP contribution in [-0.4, -0.2) is 31.8 Å². The number of nitrogens with one attached hydrogen (secondary N) is 1. The number of nitrogen functional groups attached to an aromatic ring is 1. The highest BCUT2D eigenvalue weighted by molar-refractivity contribution is 7.99. The summed E-state index contributed by atoms with van der Waals surface area (Å²) in [5, 5.41) is 4.11. The second kappa shape index (κ2) is 6.80. The molecule has 0 spiro atoms. The van der Waals surface area contributed by atoms with E-state index in [0.717, 1.165) is 12.2 Å². The van der Waals surface area contributed by atoms with Gasteiger partial charge in [0.25, 0.3) is 0 Å². The van der Waals surface area contributed by atoms with E-state index in [0.29, 0.717) is 22.4 Å². The quantitative estimate of drug-likeness (QED) is 0.813. The summed E-state index contributed by atoms with van der Waals surface area (Å²) in [4.78, 5) is 0. The van der Waals surface area contributed by atoms with E-state index in [1.807, 2.05) is 17.8 Å². The summed E-state index contributed by atoms with van der Waals surface area (Å²) >= 11 is 2.05. The van der Waals surface area contributed by atoms with Gasteiger partial charge in [0, 0.05) is 23.9 Å². The predicted octanol–water partition coefficient (Wildman–Crippen LogP) is 2.98. The number of benzene rings is 1. The van der Waals surface area contributed by atoms with Gasteiger partial charge in [-0.25, -0.2) is 0 Å². The first kappa shape index (κ1) is 14.2. The van der Waals surface area contributed by atoms with Crippen LogP contribution in [0.2, 0.25) is 0 Å². The topological polar surface area (TPSA) is 56.5 Å². The van der Waals surface area contributed by atoms with Gasteiger partial charge in [-0.15, -0.1) is 0 Å². The minimum absolute atomic E-state index is 0.664. The molecule has 106 valence electrons. The summed E-state index contributed by atoms with van der Waals surface area (Å²) in [6.45, 7) is 0.949. The van der Waals surface area contributed by atoms with E-state index < -0.39 is 0 Å². The number of thioether (sulfide) groups is 1. The summed E-state index contributed by atoms with van der Waals surface area (Å²) in [5.74, 6) is 2.64. The molecule has 0 aromatic heterocycles. The van der Waals surface area contributed by atoms with Crippen LogP contribution in [0.25, 0.3) is 0 Å². The third-order valence-electron chi connectivity index (χ3n) is 3.35. The molecule has 1 unspecified atom stereocenters. The average Bonchev–Trinajstić information content (AvgIpc) is 2.46. The predicted molar refractivity (Wildman–Crippen MR) is 82.5 cm³/mol. The number of nitrogens with two attached hydrogens (primary N) is 1. The van der Waals surface area contributed by atoms with Crippen LogP contribution in [0.1, 0.15) is 19.3 Å². The molecule has 1 aliphatic rings. The van der Waals surface area contributed by atoms with E-state index >= 15 is 0 Å². The number of rotatable bonds is 5. The van der Waals surface area contributed by atoms with Gasteiger partial charge in [0.15, 0.2) is 11.5 Å². The van der Waals surface area contributed by atoms with Crippen LogP contribution in [0.5, 0.6) is 11.5 Å². The van der Waals surface area contributed by atoms with Gasteiger partial charge in [0.1, 0.15) is 0 Å². The summed E-state index contributed by atoms with van der Waals surface area (Å²) in [5.41, 5.74) is 7.64. The van der Waals surface area contributed by atoms with Crippen molar-refractivity contribution < 1.29 is 9.47 Å². The van der Waals surface area contributed by atoms with Crippen LogP contribution in [-0.2, 0) is 0 Å². The average molecular weight is 282 g/mol. The second-order valence-corrected chi connectivity index (χ2v) is 6.07. The highest BCUT2D eigenvalue weighted by Crippen LogP contribution is 2.35. The molecule has 0 amide bonds. The molecule has 19 heavy (non-hydrogen) atoms. The third-order valence-corrected chi connectivity index (χ3v) is 4.75. The Morgan fingerprint density at radius 3 is 2.63 bits per heavy atom. The molecule has 0 aliphatic carbocycles. The molecular formula is C14H22N2O2S. The van der Waals surface area contributed by atoms with Crippen LogP contribution in [0.3, 0.4) is 0 Å². The Hall–Kier alpha value is -1.23. The molecule has 1 aromatic carbocycles. The largest absolute Gasteiger partial charge is 0.493 e. The molecule has 0 radical (unpaired) electrons. The zero-order valence-corrected chi connectivity index (χ0v) is 12.4. The molecule has 1 fully saturated rings. The third kappa shape index (κ3) is 3.62. The lowest BCUT2D eigenvalue weighted by atomic mass is 10.2. The second-order valence-electron chi connectivity index (χ2n) is 4.66. The number of hydrogen-bond donors (Lipinski definition) is 2. The summed E-state index contributed by atoms with van der Waals surface area (Å²) in [6, 6.07) is 3.71. The minimum atomic E-state index is 0.664. The molecular weight excluding hydrogens is 260 g/mol. The molecule has 1 heterocycles. The molecule has 3 N–H and O–H groups in total. The maximum absolute atomic E-state index is 6.03. The highest BCUT2D eigenvalue weighted by Gasteiger charge is 2.15. The first-order valence-electron chi connectivity index (χ1n) is 6.61. The monoisotopic (exact) mass is 282 g/mol. The van der Waals surface area contributed by atoms with Crippen LogP contribution in [0.15, 0.2) is 12.1 Å². The Labute approximate surface area is 119 Å². The molecule has 5 heteroatoms. The van der Waals surface area contributed by atoms with Crippen molar-refractivity contribution in [2.24, 2.45) is 0 Å². The van der Waals surface area contributed by atoms with E-state index in [9.17, 15) is 0 Å². The maximum Gasteiger partial charge on any atom is 0.162 e. The zero-order valence-electron chi connectivity index (χ0n) is 11.6. The first-order valence-corrected chi connectivity index (χ1v) is 7.66. The summed E-state index contributed by atoms with van der Waals surface area (Å²) < 4.78 is 10.5. The molecule has 4 nitrogen and oxygen atoms in total. The number of hydrogen-bond acceptors (Lipinski definition) is 5. The van der Waals surface area contributed by atoms with E-state index in [1.165, 1.54) is 25.0 Å².